The van der Waals surface area contributed by atoms with Crippen molar-refractivity contribution in [2.75, 3.05) is 0 Å². The molecule has 1 aliphatic rings. The molecule has 0 unspecified atom stereocenters. The standard InChI is InChI=1S/C13H8Cl4.C13H9.C5H5.Zr/c14-11-5-1-3-9(7-11)13(16,17)10-4-2-6-12(15)8-10;1-3-7-12-10(5-1)9-11-6-2-4-8-13(11)12;1-2-4-5-3-1;/h1-8H;1-5,7-8H,9H2;1-5H;/q;2*-1;+2. The van der Waals surface area contributed by atoms with Crippen molar-refractivity contribution in [2.45, 2.75) is 10.8 Å². The van der Waals surface area contributed by atoms with E-state index in [2.05, 4.69) is 42.5 Å². The Hall–Kier alpha value is -1.73. The minimum absolute atomic E-state index is 0. The van der Waals surface area contributed by atoms with Gasteiger partial charge in [-0.3, -0.25) is 0 Å². The van der Waals surface area contributed by atoms with Crippen molar-refractivity contribution < 1.29 is 26.2 Å². The van der Waals surface area contributed by atoms with Crippen LogP contribution < -0.4 is 0 Å². The quantitative estimate of drug-likeness (QED) is 0.132. The van der Waals surface area contributed by atoms with Gasteiger partial charge in [-0.1, -0.05) is 106 Å². The molecule has 0 saturated carbocycles. The third kappa shape index (κ3) is 7.41. The molecule has 0 amide bonds. The number of fused-ring (bicyclic) bond motifs is 3. The second-order valence-corrected chi connectivity index (χ2v) is 10.2. The fourth-order valence-corrected chi connectivity index (χ4v) is 4.70. The number of alkyl halides is 2. The molecule has 0 fully saturated rings. The first kappa shape index (κ1) is 28.8. The van der Waals surface area contributed by atoms with Gasteiger partial charge in [0, 0.05) is 10.0 Å². The van der Waals surface area contributed by atoms with Gasteiger partial charge in [-0.15, -0.1) is 5.56 Å². The predicted molar refractivity (Wildman–Crippen MR) is 151 cm³/mol. The molecule has 5 heteroatoms. The first-order valence-corrected chi connectivity index (χ1v) is 12.6. The summed E-state index contributed by atoms with van der Waals surface area (Å²) in [6, 6.07) is 42.4. The van der Waals surface area contributed by atoms with Crippen molar-refractivity contribution in [3.05, 3.63) is 160 Å². The Morgan fingerprint density at radius 1 is 0.667 bits per heavy atom. The van der Waals surface area contributed by atoms with Crippen LogP contribution in [-0.4, -0.2) is 0 Å². The molecule has 0 nitrogen and oxygen atoms in total. The van der Waals surface area contributed by atoms with Crippen molar-refractivity contribution >= 4 is 46.4 Å². The molecule has 0 atom stereocenters. The van der Waals surface area contributed by atoms with E-state index in [-0.39, 0.29) is 26.2 Å². The van der Waals surface area contributed by atoms with E-state index in [0.29, 0.717) is 10.0 Å². The van der Waals surface area contributed by atoms with Crippen LogP contribution in [0, 0.1) is 6.07 Å². The van der Waals surface area contributed by atoms with Crippen LogP contribution in [0.3, 0.4) is 0 Å². The zero-order chi connectivity index (χ0) is 24.7. The van der Waals surface area contributed by atoms with E-state index in [1.165, 1.54) is 22.3 Å². The van der Waals surface area contributed by atoms with E-state index in [1.54, 1.807) is 24.3 Å². The van der Waals surface area contributed by atoms with E-state index in [9.17, 15) is 0 Å². The summed E-state index contributed by atoms with van der Waals surface area (Å²) in [5, 5.41) is 1.19. The second-order valence-electron chi connectivity index (χ2n) is 7.95. The second kappa shape index (κ2) is 13.7. The van der Waals surface area contributed by atoms with Crippen LogP contribution in [0.1, 0.15) is 22.3 Å². The summed E-state index contributed by atoms with van der Waals surface area (Å²) in [6.45, 7) is 0. The number of hydrogen-bond acceptors (Lipinski definition) is 0. The normalized spacial score (nSPS) is 11.0. The summed E-state index contributed by atoms with van der Waals surface area (Å²) in [5.74, 6) is 0. The van der Waals surface area contributed by atoms with Crippen LogP contribution in [0.5, 0.6) is 0 Å². The minimum atomic E-state index is -1.16. The Morgan fingerprint density at radius 2 is 1.25 bits per heavy atom. The van der Waals surface area contributed by atoms with Crippen LogP contribution in [0.25, 0.3) is 11.1 Å². The van der Waals surface area contributed by atoms with Gasteiger partial charge in [-0.25, -0.2) is 12.1 Å². The van der Waals surface area contributed by atoms with Gasteiger partial charge < -0.3 is 0 Å². The molecular weight excluding hydrogens is 605 g/mol. The Labute approximate surface area is 252 Å². The zero-order valence-corrected chi connectivity index (χ0v) is 24.7. The Balaban J connectivity index is 0.000000167. The maximum Gasteiger partial charge on any atom is 2.00 e. The smallest absolute Gasteiger partial charge is 0.214 e. The van der Waals surface area contributed by atoms with Crippen LogP contribution in [-0.2, 0) is 37.0 Å². The fraction of sp³-hybridized carbons (Fsp3) is 0.0645. The summed E-state index contributed by atoms with van der Waals surface area (Å²) >= 11 is 24.6. The van der Waals surface area contributed by atoms with E-state index < -0.39 is 4.33 Å². The molecule has 0 saturated heterocycles. The van der Waals surface area contributed by atoms with Crippen molar-refractivity contribution in [1.29, 1.82) is 0 Å². The fourth-order valence-electron chi connectivity index (χ4n) is 3.85. The van der Waals surface area contributed by atoms with E-state index >= 15 is 0 Å². The van der Waals surface area contributed by atoms with Gasteiger partial charge in [-0.2, -0.15) is 48.0 Å². The van der Waals surface area contributed by atoms with Crippen molar-refractivity contribution in [3.8, 4) is 11.1 Å². The van der Waals surface area contributed by atoms with Gasteiger partial charge in [0.15, 0.2) is 4.33 Å². The number of rotatable bonds is 2. The molecule has 0 bridgehead atoms. The van der Waals surface area contributed by atoms with E-state index in [1.807, 2.05) is 60.7 Å². The van der Waals surface area contributed by atoms with Crippen molar-refractivity contribution in [1.82, 2.24) is 0 Å². The zero-order valence-electron chi connectivity index (χ0n) is 19.3. The topological polar surface area (TPSA) is 0 Å². The molecule has 1 aliphatic carbocycles. The molecule has 0 heterocycles. The average molecular weight is 628 g/mol. The molecule has 36 heavy (non-hydrogen) atoms. The Morgan fingerprint density at radius 3 is 1.81 bits per heavy atom. The van der Waals surface area contributed by atoms with Crippen LogP contribution in [0.4, 0.5) is 0 Å². The summed E-state index contributed by atoms with van der Waals surface area (Å²) in [5.41, 5.74) is 6.95. The summed E-state index contributed by atoms with van der Waals surface area (Å²) < 4.78 is -1.16. The first-order valence-electron chi connectivity index (χ1n) is 11.1. The molecule has 5 aromatic carbocycles. The number of hydrogen-bond donors (Lipinski definition) is 0. The van der Waals surface area contributed by atoms with Crippen LogP contribution >= 0.6 is 46.4 Å². The Kier molecular flexibility index (Phi) is 11.0. The maximum absolute atomic E-state index is 6.38. The van der Waals surface area contributed by atoms with Crippen LogP contribution in [0.15, 0.2) is 121 Å². The van der Waals surface area contributed by atoms with Gasteiger partial charge in [0.25, 0.3) is 0 Å². The SMILES string of the molecule is Clc1cccc(C(Cl)(Cl)c2cccc(Cl)c2)c1.[Zr+2].[c-]1cccc2c1Cc1ccccc1-2.c1cc[cH-]c1. The Bertz CT molecular complexity index is 1270. The summed E-state index contributed by atoms with van der Waals surface area (Å²) in [4.78, 5) is 0. The van der Waals surface area contributed by atoms with Gasteiger partial charge in [-0.05, 0) is 41.8 Å². The van der Waals surface area contributed by atoms with Gasteiger partial charge >= 0.3 is 26.2 Å². The van der Waals surface area contributed by atoms with Gasteiger partial charge in [0.1, 0.15) is 0 Å². The minimum Gasteiger partial charge on any atom is -0.214 e. The van der Waals surface area contributed by atoms with Gasteiger partial charge in [0.2, 0.25) is 0 Å². The average Bonchev–Trinajstić information content (AvgIpc) is 3.56. The van der Waals surface area contributed by atoms with Crippen molar-refractivity contribution in [3.63, 3.8) is 0 Å². The van der Waals surface area contributed by atoms with Gasteiger partial charge in [0.05, 0.1) is 0 Å². The molecule has 0 aromatic heterocycles. The number of benzene rings is 4. The monoisotopic (exact) mass is 624 g/mol. The van der Waals surface area contributed by atoms with E-state index in [0.717, 1.165) is 17.5 Å². The molecule has 5 aromatic rings. The largest absolute Gasteiger partial charge is 2.00 e. The van der Waals surface area contributed by atoms with Crippen molar-refractivity contribution in [2.24, 2.45) is 0 Å². The maximum atomic E-state index is 6.38. The molecule has 0 spiro atoms. The van der Waals surface area contributed by atoms with E-state index in [4.69, 9.17) is 46.4 Å². The summed E-state index contributed by atoms with van der Waals surface area (Å²) in [7, 11) is 0. The molecule has 0 radical (unpaired) electrons. The molecule has 178 valence electrons. The predicted octanol–water partition coefficient (Wildman–Crippen LogP) is 10.1. The third-order valence-electron chi connectivity index (χ3n) is 5.55. The molecule has 0 N–H and O–H groups in total. The molecule has 6 rings (SSSR count). The molecular formula is C31H22Cl4Zr. The number of halogens is 4. The summed E-state index contributed by atoms with van der Waals surface area (Å²) in [6.07, 6.45) is 1.05. The third-order valence-corrected chi connectivity index (χ3v) is 6.89. The van der Waals surface area contributed by atoms with Crippen LogP contribution in [0.2, 0.25) is 10.0 Å². The molecule has 0 aliphatic heterocycles. The first-order chi connectivity index (χ1) is 16.9.